The van der Waals surface area contributed by atoms with Crippen molar-refractivity contribution in [2.24, 2.45) is 0 Å². The number of hydrogen-bond donors (Lipinski definition) is 4. The highest BCUT2D eigenvalue weighted by Gasteiger charge is 2.09. The van der Waals surface area contributed by atoms with Crippen molar-refractivity contribution < 1.29 is 15.0 Å². The van der Waals surface area contributed by atoms with Crippen molar-refractivity contribution in [1.29, 1.82) is 0 Å². The number of nitrogens with one attached hydrogen (secondary N) is 2. The maximum atomic E-state index is 11.6. The number of benzene rings is 1. The van der Waals surface area contributed by atoms with E-state index in [2.05, 4.69) is 10.6 Å². The first kappa shape index (κ1) is 14.5. The third kappa shape index (κ3) is 4.35. The third-order valence-corrected chi connectivity index (χ3v) is 2.54. The summed E-state index contributed by atoms with van der Waals surface area (Å²) in [4.78, 5) is 11.6. The highest BCUT2D eigenvalue weighted by atomic mass is 16.3. The molecular formula is C13H20N2O3. The monoisotopic (exact) mass is 252 g/mol. The lowest BCUT2D eigenvalue weighted by Crippen LogP contribution is -2.36. The standard InChI is InChI=1S/C13H20N2O3/c1-9(2)11-5-3-4-6-12(11)15-13(18)14-7-10(17)8-16/h3-6,9-10,16-17H,7-8H2,1-2H3,(H2,14,15,18). The van der Waals surface area contributed by atoms with Crippen molar-refractivity contribution >= 4 is 11.7 Å². The number of aliphatic hydroxyl groups excluding tert-OH is 2. The van der Waals surface area contributed by atoms with Crippen LogP contribution in [0.2, 0.25) is 0 Å². The molecule has 0 aliphatic heterocycles. The Hall–Kier alpha value is -1.59. The van der Waals surface area contributed by atoms with Crippen LogP contribution in [0.1, 0.15) is 25.3 Å². The second-order valence-electron chi connectivity index (χ2n) is 4.41. The Balaban J connectivity index is 2.59. The van der Waals surface area contributed by atoms with Crippen molar-refractivity contribution in [2.75, 3.05) is 18.5 Å². The van der Waals surface area contributed by atoms with Crippen molar-refractivity contribution in [3.8, 4) is 0 Å². The molecular weight excluding hydrogens is 232 g/mol. The highest BCUT2D eigenvalue weighted by molar-refractivity contribution is 5.90. The predicted octanol–water partition coefficient (Wildman–Crippen LogP) is 1.28. The van der Waals surface area contributed by atoms with E-state index in [0.29, 0.717) is 5.92 Å². The summed E-state index contributed by atoms with van der Waals surface area (Å²) >= 11 is 0. The Labute approximate surface area is 107 Å². The van der Waals surface area contributed by atoms with Crippen molar-refractivity contribution in [1.82, 2.24) is 5.32 Å². The van der Waals surface area contributed by atoms with E-state index in [-0.39, 0.29) is 13.2 Å². The summed E-state index contributed by atoms with van der Waals surface area (Å²) in [6.45, 7) is 3.75. The van der Waals surface area contributed by atoms with E-state index >= 15 is 0 Å². The molecule has 0 bridgehead atoms. The van der Waals surface area contributed by atoms with Crippen LogP contribution in [0.4, 0.5) is 10.5 Å². The SMILES string of the molecule is CC(C)c1ccccc1NC(=O)NCC(O)CO. The molecule has 5 nitrogen and oxygen atoms in total. The van der Waals surface area contributed by atoms with Gasteiger partial charge in [0, 0.05) is 12.2 Å². The van der Waals surface area contributed by atoms with Gasteiger partial charge in [-0.3, -0.25) is 0 Å². The highest BCUT2D eigenvalue weighted by Crippen LogP contribution is 2.23. The Kier molecular flexibility index (Phi) is 5.61. The van der Waals surface area contributed by atoms with Crippen molar-refractivity contribution in [3.63, 3.8) is 0 Å². The number of para-hydroxylation sites is 1. The molecule has 5 heteroatoms. The van der Waals surface area contributed by atoms with Gasteiger partial charge in [0.2, 0.25) is 0 Å². The zero-order valence-electron chi connectivity index (χ0n) is 10.7. The van der Waals surface area contributed by atoms with Crippen LogP contribution in [0.15, 0.2) is 24.3 Å². The van der Waals surface area contributed by atoms with Crippen molar-refractivity contribution in [3.05, 3.63) is 29.8 Å². The lowest BCUT2D eigenvalue weighted by Gasteiger charge is -2.15. The van der Waals surface area contributed by atoms with E-state index in [4.69, 9.17) is 10.2 Å². The summed E-state index contributed by atoms with van der Waals surface area (Å²) in [7, 11) is 0. The first-order valence-corrected chi connectivity index (χ1v) is 5.97. The topological polar surface area (TPSA) is 81.6 Å². The molecule has 0 fully saturated rings. The number of aliphatic hydroxyl groups is 2. The number of hydrogen-bond acceptors (Lipinski definition) is 3. The maximum absolute atomic E-state index is 11.6. The minimum Gasteiger partial charge on any atom is -0.394 e. The second-order valence-corrected chi connectivity index (χ2v) is 4.41. The number of anilines is 1. The smallest absolute Gasteiger partial charge is 0.319 e. The van der Waals surface area contributed by atoms with E-state index in [1.54, 1.807) is 0 Å². The molecule has 1 unspecified atom stereocenters. The minimum absolute atomic E-state index is 0.0200. The van der Waals surface area contributed by atoms with Gasteiger partial charge in [-0.05, 0) is 17.5 Å². The number of carbonyl (C=O) groups is 1. The summed E-state index contributed by atoms with van der Waals surface area (Å²) in [5, 5.41) is 23.0. The van der Waals surface area contributed by atoms with Gasteiger partial charge in [0.15, 0.2) is 0 Å². The number of amides is 2. The Morgan fingerprint density at radius 3 is 2.61 bits per heavy atom. The first-order valence-electron chi connectivity index (χ1n) is 5.97. The van der Waals surface area contributed by atoms with Crippen LogP contribution in [0.25, 0.3) is 0 Å². The van der Waals surface area contributed by atoms with E-state index < -0.39 is 12.1 Å². The molecule has 1 aromatic carbocycles. The Bertz CT molecular complexity index is 394. The molecule has 0 aromatic heterocycles. The van der Waals surface area contributed by atoms with Gasteiger partial charge in [0.05, 0.1) is 12.7 Å². The minimum atomic E-state index is -0.934. The number of carbonyl (C=O) groups excluding carboxylic acids is 1. The van der Waals surface area contributed by atoms with Crippen LogP contribution in [0, 0.1) is 0 Å². The molecule has 0 radical (unpaired) electrons. The largest absolute Gasteiger partial charge is 0.394 e. The van der Waals surface area contributed by atoms with Gasteiger partial charge in [0.25, 0.3) is 0 Å². The lowest BCUT2D eigenvalue weighted by molar-refractivity contribution is 0.0965. The molecule has 0 aliphatic rings. The Morgan fingerprint density at radius 2 is 2.00 bits per heavy atom. The zero-order chi connectivity index (χ0) is 13.5. The summed E-state index contributed by atoms with van der Waals surface area (Å²) < 4.78 is 0. The molecule has 18 heavy (non-hydrogen) atoms. The quantitative estimate of drug-likeness (QED) is 0.637. The molecule has 1 atom stereocenters. The van der Waals surface area contributed by atoms with E-state index in [9.17, 15) is 4.79 Å². The van der Waals surface area contributed by atoms with Gasteiger partial charge >= 0.3 is 6.03 Å². The summed E-state index contributed by atoms with van der Waals surface area (Å²) in [6.07, 6.45) is -0.934. The first-order chi connectivity index (χ1) is 8.54. The van der Waals surface area contributed by atoms with Gasteiger partial charge in [-0.1, -0.05) is 32.0 Å². The predicted molar refractivity (Wildman–Crippen MR) is 70.6 cm³/mol. The van der Waals surface area contributed by atoms with Gasteiger partial charge in [0.1, 0.15) is 0 Å². The maximum Gasteiger partial charge on any atom is 0.319 e. The molecule has 4 N–H and O–H groups in total. The van der Waals surface area contributed by atoms with Crippen LogP contribution in [0.5, 0.6) is 0 Å². The molecule has 1 aromatic rings. The zero-order valence-corrected chi connectivity index (χ0v) is 10.7. The molecule has 2 amide bonds. The molecule has 100 valence electrons. The van der Waals surface area contributed by atoms with E-state index in [1.807, 2.05) is 38.1 Å². The fourth-order valence-corrected chi connectivity index (χ4v) is 1.56. The molecule has 0 spiro atoms. The van der Waals surface area contributed by atoms with Gasteiger partial charge < -0.3 is 20.8 Å². The fourth-order valence-electron chi connectivity index (χ4n) is 1.56. The van der Waals surface area contributed by atoms with Crippen LogP contribution in [-0.2, 0) is 0 Å². The van der Waals surface area contributed by atoms with Crippen LogP contribution in [-0.4, -0.2) is 35.5 Å². The van der Waals surface area contributed by atoms with Crippen LogP contribution < -0.4 is 10.6 Å². The normalized spacial score (nSPS) is 12.3. The lowest BCUT2D eigenvalue weighted by atomic mass is 10.0. The van der Waals surface area contributed by atoms with Gasteiger partial charge in [-0.25, -0.2) is 4.79 Å². The molecule has 0 saturated carbocycles. The van der Waals surface area contributed by atoms with Crippen LogP contribution >= 0.6 is 0 Å². The average Bonchev–Trinajstić information content (AvgIpc) is 2.36. The Morgan fingerprint density at radius 1 is 1.33 bits per heavy atom. The summed E-state index contributed by atoms with van der Waals surface area (Å²) in [5.41, 5.74) is 1.80. The summed E-state index contributed by atoms with van der Waals surface area (Å²) in [5.74, 6) is 0.310. The fraction of sp³-hybridized carbons (Fsp3) is 0.462. The number of urea groups is 1. The third-order valence-electron chi connectivity index (χ3n) is 2.54. The molecule has 0 aliphatic carbocycles. The van der Waals surface area contributed by atoms with E-state index in [0.717, 1.165) is 11.3 Å². The molecule has 0 saturated heterocycles. The van der Waals surface area contributed by atoms with Crippen LogP contribution in [0.3, 0.4) is 0 Å². The van der Waals surface area contributed by atoms with Gasteiger partial charge in [-0.2, -0.15) is 0 Å². The number of rotatable bonds is 5. The second kappa shape index (κ2) is 6.98. The summed E-state index contributed by atoms with van der Waals surface area (Å²) in [6, 6.07) is 7.17. The molecule has 0 heterocycles. The van der Waals surface area contributed by atoms with Gasteiger partial charge in [-0.15, -0.1) is 0 Å². The van der Waals surface area contributed by atoms with Crippen molar-refractivity contribution in [2.45, 2.75) is 25.9 Å². The average molecular weight is 252 g/mol. The van der Waals surface area contributed by atoms with E-state index in [1.165, 1.54) is 0 Å². The molecule has 1 rings (SSSR count).